The molecule has 0 bridgehead atoms. The molecule has 2 rings (SSSR count). The van der Waals surface area contributed by atoms with Crippen LogP contribution in [0.3, 0.4) is 0 Å². The van der Waals surface area contributed by atoms with Crippen LogP contribution in [0.25, 0.3) is 0 Å². The molecule has 0 radical (unpaired) electrons. The van der Waals surface area contributed by atoms with Gasteiger partial charge in [0.05, 0.1) is 0 Å². The molecule has 1 aliphatic rings. The van der Waals surface area contributed by atoms with Crippen LogP contribution < -0.4 is 10.6 Å². The normalized spacial score (nSPS) is 23.9. The minimum atomic E-state index is -0.0116. The molecule has 0 aliphatic heterocycles. The van der Waals surface area contributed by atoms with Crippen LogP contribution in [0.1, 0.15) is 57.4 Å². The number of benzene rings is 1. The topological polar surface area (TPSA) is 41.1 Å². The zero-order chi connectivity index (χ0) is 14.4. The summed E-state index contributed by atoms with van der Waals surface area (Å²) in [5.41, 5.74) is 1.44. The van der Waals surface area contributed by atoms with Crippen molar-refractivity contribution in [3.05, 3.63) is 35.9 Å². The molecule has 2 N–H and O–H groups in total. The van der Waals surface area contributed by atoms with Crippen LogP contribution in [-0.4, -0.2) is 18.1 Å². The summed E-state index contributed by atoms with van der Waals surface area (Å²) in [6, 6.07) is 11.3. The van der Waals surface area contributed by atoms with Gasteiger partial charge >= 0.3 is 6.03 Å². The summed E-state index contributed by atoms with van der Waals surface area (Å²) in [5, 5.41) is 6.08. The Morgan fingerprint density at radius 2 is 1.85 bits per heavy atom. The molecule has 1 aliphatic carbocycles. The summed E-state index contributed by atoms with van der Waals surface area (Å²) in [6.45, 7) is 4.11. The average Bonchev–Trinajstić information content (AvgIpc) is 2.48. The summed E-state index contributed by atoms with van der Waals surface area (Å²) >= 11 is 0. The largest absolute Gasteiger partial charge is 0.336 e. The lowest BCUT2D eigenvalue weighted by Crippen LogP contribution is -2.46. The van der Waals surface area contributed by atoms with E-state index in [2.05, 4.69) is 47.9 Å². The van der Waals surface area contributed by atoms with Crippen LogP contribution in [0, 0.1) is 0 Å². The van der Waals surface area contributed by atoms with Gasteiger partial charge in [-0.2, -0.15) is 0 Å². The smallest absolute Gasteiger partial charge is 0.315 e. The second-order valence-electron chi connectivity index (χ2n) is 5.89. The number of carbonyl (C=O) groups excluding carboxylic acids is 1. The van der Waals surface area contributed by atoms with Crippen LogP contribution >= 0.6 is 0 Å². The molecule has 3 nitrogen and oxygen atoms in total. The van der Waals surface area contributed by atoms with E-state index in [9.17, 15) is 4.79 Å². The monoisotopic (exact) mass is 274 g/mol. The van der Waals surface area contributed by atoms with Gasteiger partial charge in [-0.3, -0.25) is 0 Å². The van der Waals surface area contributed by atoms with E-state index in [-0.39, 0.29) is 12.1 Å². The molecule has 0 heterocycles. The van der Waals surface area contributed by atoms with Gasteiger partial charge in [0, 0.05) is 12.1 Å². The zero-order valence-electron chi connectivity index (χ0n) is 12.6. The van der Waals surface area contributed by atoms with Crippen molar-refractivity contribution in [3.63, 3.8) is 0 Å². The fourth-order valence-corrected chi connectivity index (χ4v) is 2.85. The molecule has 1 aromatic rings. The van der Waals surface area contributed by atoms with Crippen LogP contribution in [0.15, 0.2) is 30.3 Å². The van der Waals surface area contributed by atoms with Crippen molar-refractivity contribution >= 4 is 6.03 Å². The zero-order valence-corrected chi connectivity index (χ0v) is 12.6. The first-order chi connectivity index (χ1) is 9.69. The number of amides is 2. The standard InChI is InChI=1S/C17H26N2O/c1-3-13(2)18-17(20)19-16-11-9-15(10-12-16)14-7-5-4-6-8-14/h4-8,13,15-16H,3,9-12H2,1-2H3,(H2,18,19,20). The fraction of sp³-hybridized carbons (Fsp3) is 0.588. The van der Waals surface area contributed by atoms with E-state index < -0.39 is 0 Å². The maximum Gasteiger partial charge on any atom is 0.315 e. The average molecular weight is 274 g/mol. The Morgan fingerprint density at radius 3 is 2.45 bits per heavy atom. The summed E-state index contributed by atoms with van der Waals surface area (Å²) in [7, 11) is 0. The number of nitrogens with one attached hydrogen (secondary N) is 2. The maximum atomic E-state index is 11.8. The lowest BCUT2D eigenvalue weighted by molar-refractivity contribution is 0.228. The van der Waals surface area contributed by atoms with Crippen molar-refractivity contribution < 1.29 is 4.79 Å². The number of hydrogen-bond donors (Lipinski definition) is 2. The van der Waals surface area contributed by atoms with Gasteiger partial charge < -0.3 is 10.6 Å². The summed E-state index contributed by atoms with van der Waals surface area (Å²) in [4.78, 5) is 11.8. The third-order valence-electron chi connectivity index (χ3n) is 4.32. The lowest BCUT2D eigenvalue weighted by atomic mass is 9.82. The van der Waals surface area contributed by atoms with E-state index in [4.69, 9.17) is 0 Å². The predicted octanol–water partition coefficient (Wildman–Crippen LogP) is 3.81. The van der Waals surface area contributed by atoms with Gasteiger partial charge in [0.15, 0.2) is 0 Å². The van der Waals surface area contributed by atoms with Gasteiger partial charge in [0.2, 0.25) is 0 Å². The highest BCUT2D eigenvalue weighted by Crippen LogP contribution is 2.32. The van der Waals surface area contributed by atoms with E-state index in [0.29, 0.717) is 12.0 Å². The molecule has 0 spiro atoms. The van der Waals surface area contributed by atoms with Crippen molar-refractivity contribution in [3.8, 4) is 0 Å². The Balaban J connectivity index is 1.76. The highest BCUT2D eigenvalue weighted by Gasteiger charge is 2.23. The van der Waals surface area contributed by atoms with Gasteiger partial charge in [0.1, 0.15) is 0 Å². The van der Waals surface area contributed by atoms with Crippen LogP contribution in [0.4, 0.5) is 4.79 Å². The van der Waals surface area contributed by atoms with Crippen LogP contribution in [-0.2, 0) is 0 Å². The highest BCUT2D eigenvalue weighted by atomic mass is 16.2. The molecule has 1 atom stereocenters. The first kappa shape index (κ1) is 14.9. The van der Waals surface area contributed by atoms with E-state index in [1.165, 1.54) is 5.56 Å². The Kier molecular flexibility index (Phi) is 5.45. The second-order valence-corrected chi connectivity index (χ2v) is 5.89. The molecule has 1 fully saturated rings. The quantitative estimate of drug-likeness (QED) is 0.861. The van der Waals surface area contributed by atoms with Crippen molar-refractivity contribution in [2.75, 3.05) is 0 Å². The second kappa shape index (κ2) is 7.32. The van der Waals surface area contributed by atoms with Crippen molar-refractivity contribution in [2.45, 2.75) is 64.0 Å². The Labute approximate surface area is 122 Å². The number of urea groups is 1. The molecule has 1 saturated carbocycles. The van der Waals surface area contributed by atoms with Gasteiger partial charge in [-0.15, -0.1) is 0 Å². The van der Waals surface area contributed by atoms with Crippen LogP contribution in [0.2, 0.25) is 0 Å². The van der Waals surface area contributed by atoms with E-state index >= 15 is 0 Å². The molecule has 1 aromatic carbocycles. The van der Waals surface area contributed by atoms with Crippen molar-refractivity contribution in [2.24, 2.45) is 0 Å². The fourth-order valence-electron chi connectivity index (χ4n) is 2.85. The molecular formula is C17H26N2O. The maximum absolute atomic E-state index is 11.8. The third kappa shape index (κ3) is 4.26. The number of hydrogen-bond acceptors (Lipinski definition) is 1. The molecule has 3 heteroatoms. The molecule has 0 aromatic heterocycles. The van der Waals surface area contributed by atoms with Gasteiger partial charge in [0.25, 0.3) is 0 Å². The minimum absolute atomic E-state index is 0.0116. The van der Waals surface area contributed by atoms with Gasteiger partial charge in [-0.25, -0.2) is 4.79 Å². The molecule has 0 saturated heterocycles. The Hall–Kier alpha value is -1.51. The van der Waals surface area contributed by atoms with Crippen molar-refractivity contribution in [1.82, 2.24) is 10.6 Å². The van der Waals surface area contributed by atoms with E-state index in [1.54, 1.807) is 0 Å². The highest BCUT2D eigenvalue weighted by molar-refractivity contribution is 5.74. The predicted molar refractivity (Wildman–Crippen MR) is 82.9 cm³/mol. The van der Waals surface area contributed by atoms with Crippen LogP contribution in [0.5, 0.6) is 0 Å². The summed E-state index contributed by atoms with van der Waals surface area (Å²) in [6.07, 6.45) is 5.45. The molecule has 20 heavy (non-hydrogen) atoms. The van der Waals surface area contributed by atoms with Gasteiger partial charge in [-0.05, 0) is 50.5 Å². The minimum Gasteiger partial charge on any atom is -0.336 e. The molecule has 1 unspecified atom stereocenters. The van der Waals surface area contributed by atoms with E-state index in [0.717, 1.165) is 32.1 Å². The summed E-state index contributed by atoms with van der Waals surface area (Å²) < 4.78 is 0. The summed E-state index contributed by atoms with van der Waals surface area (Å²) in [5.74, 6) is 0.659. The molecular weight excluding hydrogens is 248 g/mol. The third-order valence-corrected chi connectivity index (χ3v) is 4.32. The molecule has 2 amide bonds. The Morgan fingerprint density at radius 1 is 1.20 bits per heavy atom. The lowest BCUT2D eigenvalue weighted by Gasteiger charge is -2.29. The first-order valence-corrected chi connectivity index (χ1v) is 7.81. The number of rotatable bonds is 4. The first-order valence-electron chi connectivity index (χ1n) is 7.81. The van der Waals surface area contributed by atoms with Gasteiger partial charge in [-0.1, -0.05) is 37.3 Å². The van der Waals surface area contributed by atoms with Crippen molar-refractivity contribution in [1.29, 1.82) is 0 Å². The molecule has 110 valence electrons. The SMILES string of the molecule is CCC(C)NC(=O)NC1CCC(c2ccccc2)CC1. The van der Waals surface area contributed by atoms with E-state index in [1.807, 2.05) is 6.92 Å². The number of carbonyl (C=O) groups is 1. The Bertz CT molecular complexity index is 410.